The van der Waals surface area contributed by atoms with Crippen molar-refractivity contribution in [3.05, 3.63) is 0 Å². The first-order valence-electron chi connectivity index (χ1n) is 4.49. The standard InChI is InChI=1S/C9H18FN/c1-9(2,10)8-11-6-4-3-5-7-11/h3-8H2,1-2H3. The summed E-state index contributed by atoms with van der Waals surface area (Å²) < 4.78 is 13.1. The molecule has 2 heteroatoms. The number of hydrogen-bond acceptors (Lipinski definition) is 1. The molecule has 0 aliphatic carbocycles. The smallest absolute Gasteiger partial charge is 0.118 e. The molecule has 11 heavy (non-hydrogen) atoms. The van der Waals surface area contributed by atoms with Crippen LogP contribution in [0.2, 0.25) is 0 Å². The minimum atomic E-state index is -1.02. The molecule has 0 saturated carbocycles. The largest absolute Gasteiger partial charge is 0.300 e. The van der Waals surface area contributed by atoms with Crippen molar-refractivity contribution in [2.75, 3.05) is 19.6 Å². The lowest BCUT2D eigenvalue weighted by Crippen LogP contribution is -2.38. The maximum atomic E-state index is 13.1. The van der Waals surface area contributed by atoms with E-state index in [2.05, 4.69) is 4.90 Å². The van der Waals surface area contributed by atoms with Gasteiger partial charge in [0.25, 0.3) is 0 Å². The van der Waals surface area contributed by atoms with Gasteiger partial charge in [-0.15, -0.1) is 0 Å². The molecule has 1 aliphatic rings. The van der Waals surface area contributed by atoms with E-state index in [-0.39, 0.29) is 0 Å². The molecular formula is C9H18FN. The van der Waals surface area contributed by atoms with Crippen molar-refractivity contribution in [2.45, 2.75) is 38.8 Å². The van der Waals surface area contributed by atoms with Crippen molar-refractivity contribution >= 4 is 0 Å². The second-order valence-electron chi connectivity index (χ2n) is 4.06. The van der Waals surface area contributed by atoms with Crippen LogP contribution < -0.4 is 0 Å². The molecular weight excluding hydrogens is 141 g/mol. The van der Waals surface area contributed by atoms with E-state index in [0.717, 1.165) is 13.1 Å². The van der Waals surface area contributed by atoms with E-state index in [4.69, 9.17) is 0 Å². The van der Waals surface area contributed by atoms with Gasteiger partial charge in [-0.2, -0.15) is 0 Å². The van der Waals surface area contributed by atoms with Crippen LogP contribution in [-0.2, 0) is 0 Å². The van der Waals surface area contributed by atoms with E-state index in [0.29, 0.717) is 6.54 Å². The van der Waals surface area contributed by atoms with Crippen LogP contribution in [0, 0.1) is 0 Å². The molecule has 0 aromatic heterocycles. The summed E-state index contributed by atoms with van der Waals surface area (Å²) in [5.41, 5.74) is -1.02. The van der Waals surface area contributed by atoms with Crippen molar-refractivity contribution in [1.82, 2.24) is 4.90 Å². The highest BCUT2D eigenvalue weighted by molar-refractivity contribution is 4.74. The molecule has 1 heterocycles. The Bertz CT molecular complexity index is 111. The molecule has 1 nitrogen and oxygen atoms in total. The van der Waals surface area contributed by atoms with Gasteiger partial charge in [0.2, 0.25) is 0 Å². The van der Waals surface area contributed by atoms with Crippen LogP contribution in [0.5, 0.6) is 0 Å². The van der Waals surface area contributed by atoms with E-state index in [1.165, 1.54) is 19.3 Å². The molecule has 0 unspecified atom stereocenters. The second kappa shape index (κ2) is 3.53. The number of nitrogens with zero attached hydrogens (tertiary/aromatic N) is 1. The molecule has 1 aliphatic heterocycles. The Kier molecular flexibility index (Phi) is 2.88. The molecule has 0 spiro atoms. The first-order chi connectivity index (χ1) is 5.08. The molecule has 0 amide bonds. The summed E-state index contributed by atoms with van der Waals surface area (Å²) in [6, 6.07) is 0. The third-order valence-corrected chi connectivity index (χ3v) is 2.05. The Labute approximate surface area is 68.6 Å². The monoisotopic (exact) mass is 159 g/mol. The van der Waals surface area contributed by atoms with Crippen molar-refractivity contribution in [3.63, 3.8) is 0 Å². The maximum absolute atomic E-state index is 13.1. The summed E-state index contributed by atoms with van der Waals surface area (Å²) in [5.74, 6) is 0. The fraction of sp³-hybridized carbons (Fsp3) is 1.00. The highest BCUT2D eigenvalue weighted by atomic mass is 19.1. The minimum Gasteiger partial charge on any atom is -0.300 e. The van der Waals surface area contributed by atoms with Crippen LogP contribution in [-0.4, -0.2) is 30.2 Å². The number of hydrogen-bond donors (Lipinski definition) is 0. The minimum absolute atomic E-state index is 0.604. The van der Waals surface area contributed by atoms with Gasteiger partial charge in [0.15, 0.2) is 0 Å². The molecule has 1 rings (SSSR count). The number of alkyl halides is 1. The van der Waals surface area contributed by atoms with Gasteiger partial charge >= 0.3 is 0 Å². The van der Waals surface area contributed by atoms with Gasteiger partial charge in [-0.05, 0) is 39.8 Å². The summed E-state index contributed by atoms with van der Waals surface area (Å²) >= 11 is 0. The molecule has 0 radical (unpaired) electrons. The first-order valence-corrected chi connectivity index (χ1v) is 4.49. The quantitative estimate of drug-likeness (QED) is 0.597. The Morgan fingerprint density at radius 3 is 2.18 bits per heavy atom. The molecule has 0 aromatic carbocycles. The Morgan fingerprint density at radius 1 is 1.18 bits per heavy atom. The van der Waals surface area contributed by atoms with Crippen LogP contribution >= 0.6 is 0 Å². The fourth-order valence-corrected chi connectivity index (χ4v) is 1.65. The molecule has 0 bridgehead atoms. The van der Waals surface area contributed by atoms with Crippen molar-refractivity contribution in [1.29, 1.82) is 0 Å². The van der Waals surface area contributed by atoms with Gasteiger partial charge in [0.1, 0.15) is 5.67 Å². The Hall–Kier alpha value is -0.110. The number of halogens is 1. The highest BCUT2D eigenvalue weighted by Crippen LogP contribution is 2.15. The molecule has 0 atom stereocenters. The van der Waals surface area contributed by atoms with E-state index < -0.39 is 5.67 Å². The zero-order valence-electron chi connectivity index (χ0n) is 7.57. The summed E-state index contributed by atoms with van der Waals surface area (Å²) in [6.45, 7) is 6.09. The highest BCUT2D eigenvalue weighted by Gasteiger charge is 2.21. The molecule has 0 aromatic rings. The summed E-state index contributed by atoms with van der Waals surface area (Å²) in [4.78, 5) is 2.23. The third kappa shape index (κ3) is 3.71. The molecule has 1 fully saturated rings. The van der Waals surface area contributed by atoms with Gasteiger partial charge < -0.3 is 4.90 Å². The zero-order valence-corrected chi connectivity index (χ0v) is 7.57. The second-order valence-corrected chi connectivity index (χ2v) is 4.06. The van der Waals surface area contributed by atoms with Gasteiger partial charge in [0, 0.05) is 6.54 Å². The topological polar surface area (TPSA) is 3.24 Å². The van der Waals surface area contributed by atoms with E-state index in [1.54, 1.807) is 13.8 Å². The normalized spacial score (nSPS) is 22.1. The fourth-order valence-electron chi connectivity index (χ4n) is 1.65. The molecule has 0 N–H and O–H groups in total. The van der Waals surface area contributed by atoms with Crippen molar-refractivity contribution in [2.24, 2.45) is 0 Å². The lowest BCUT2D eigenvalue weighted by Gasteiger charge is -2.30. The van der Waals surface area contributed by atoms with Crippen LogP contribution in [0.3, 0.4) is 0 Å². The van der Waals surface area contributed by atoms with Gasteiger partial charge in [-0.3, -0.25) is 0 Å². The summed E-state index contributed by atoms with van der Waals surface area (Å²) in [6.07, 6.45) is 3.81. The summed E-state index contributed by atoms with van der Waals surface area (Å²) in [7, 11) is 0. The zero-order chi connectivity index (χ0) is 8.32. The van der Waals surface area contributed by atoms with Crippen LogP contribution in [0.4, 0.5) is 4.39 Å². The van der Waals surface area contributed by atoms with Gasteiger partial charge in [-0.1, -0.05) is 6.42 Å². The maximum Gasteiger partial charge on any atom is 0.118 e. The third-order valence-electron chi connectivity index (χ3n) is 2.05. The van der Waals surface area contributed by atoms with Crippen LogP contribution in [0.1, 0.15) is 33.1 Å². The lowest BCUT2D eigenvalue weighted by atomic mass is 10.1. The van der Waals surface area contributed by atoms with Crippen molar-refractivity contribution < 1.29 is 4.39 Å². The van der Waals surface area contributed by atoms with Gasteiger partial charge in [0.05, 0.1) is 0 Å². The average Bonchev–Trinajstić information content (AvgIpc) is 1.85. The van der Waals surface area contributed by atoms with Gasteiger partial charge in [-0.25, -0.2) is 4.39 Å². The number of rotatable bonds is 2. The average molecular weight is 159 g/mol. The van der Waals surface area contributed by atoms with Crippen LogP contribution in [0.25, 0.3) is 0 Å². The number of piperidine rings is 1. The van der Waals surface area contributed by atoms with E-state index in [1.807, 2.05) is 0 Å². The molecule has 66 valence electrons. The summed E-state index contributed by atoms with van der Waals surface area (Å²) in [5, 5.41) is 0. The lowest BCUT2D eigenvalue weighted by molar-refractivity contribution is 0.111. The Morgan fingerprint density at radius 2 is 1.73 bits per heavy atom. The van der Waals surface area contributed by atoms with Crippen LogP contribution in [0.15, 0.2) is 0 Å². The predicted octanol–water partition coefficient (Wildman–Crippen LogP) is 2.22. The molecule has 1 saturated heterocycles. The predicted molar refractivity (Wildman–Crippen MR) is 45.5 cm³/mol. The van der Waals surface area contributed by atoms with E-state index >= 15 is 0 Å². The van der Waals surface area contributed by atoms with Crippen molar-refractivity contribution in [3.8, 4) is 0 Å². The van der Waals surface area contributed by atoms with E-state index in [9.17, 15) is 4.39 Å². The Balaban J connectivity index is 2.24. The number of likely N-dealkylation sites (tertiary alicyclic amines) is 1. The SMILES string of the molecule is CC(C)(F)CN1CCCCC1. The first kappa shape index (κ1) is 8.98.